The number of rotatable bonds is 1. The Morgan fingerprint density at radius 3 is 2.50 bits per heavy atom. The van der Waals surface area contributed by atoms with Gasteiger partial charge in [0, 0.05) is 6.07 Å². The Kier molecular flexibility index (Phi) is 3.04. The van der Waals surface area contributed by atoms with Crippen molar-refractivity contribution < 1.29 is 4.74 Å². The molecule has 0 fully saturated rings. The van der Waals surface area contributed by atoms with E-state index in [1.165, 1.54) is 7.11 Å². The Morgan fingerprint density at radius 1 is 1.33 bits per heavy atom. The van der Waals surface area contributed by atoms with Crippen molar-refractivity contribution in [1.29, 1.82) is 0 Å². The summed E-state index contributed by atoms with van der Waals surface area (Å²) in [7, 11) is 1.50. The van der Waals surface area contributed by atoms with Crippen LogP contribution < -0.4 is 4.74 Å². The monoisotopic (exact) mass is 225 g/mol. The molecule has 2 nitrogen and oxygen atoms in total. The third-order valence-corrected chi connectivity index (χ3v) is 1.80. The van der Waals surface area contributed by atoms with Gasteiger partial charge in [0.2, 0.25) is 9.67 Å². The van der Waals surface area contributed by atoms with E-state index >= 15 is 0 Å². The molecule has 1 aromatic heterocycles. The van der Waals surface area contributed by atoms with Gasteiger partial charge in [-0.2, -0.15) is 0 Å². The molecule has 0 aliphatic rings. The molecule has 1 heterocycles. The maximum Gasteiger partial charge on any atom is 0.232 e. The van der Waals surface area contributed by atoms with E-state index in [0.29, 0.717) is 11.6 Å². The molecule has 0 bridgehead atoms. The van der Waals surface area contributed by atoms with E-state index in [2.05, 4.69) is 4.98 Å². The quantitative estimate of drug-likeness (QED) is 0.687. The zero-order chi connectivity index (χ0) is 9.19. The lowest BCUT2D eigenvalue weighted by atomic mass is 10.4. The number of nitrogens with zero attached hydrogens (tertiary/aromatic N) is 1. The van der Waals surface area contributed by atoms with E-state index in [-0.39, 0.29) is 0 Å². The van der Waals surface area contributed by atoms with Gasteiger partial charge in [-0.05, 0) is 6.07 Å². The lowest BCUT2D eigenvalue weighted by Gasteiger charge is -2.10. The minimum absolute atomic E-state index is 0.354. The highest BCUT2D eigenvalue weighted by atomic mass is 35.6. The maximum absolute atomic E-state index is 5.60. The highest BCUT2D eigenvalue weighted by molar-refractivity contribution is 6.66. The number of hydrogen-bond donors (Lipinski definition) is 0. The number of aromatic nitrogens is 1. The molecule has 0 aromatic carbocycles. The van der Waals surface area contributed by atoms with Gasteiger partial charge in [0.05, 0.1) is 12.8 Å². The summed E-state index contributed by atoms with van der Waals surface area (Å²) >= 11 is 16.8. The van der Waals surface area contributed by atoms with Crippen LogP contribution in [0.1, 0.15) is 5.69 Å². The SMILES string of the molecule is COc1cccc(C(Cl)(Cl)Cl)n1. The molecule has 66 valence electrons. The average molecular weight is 226 g/mol. The number of pyridine rings is 1. The average Bonchev–Trinajstić information content (AvgIpc) is 2.03. The normalized spacial score (nSPS) is 11.3. The molecule has 5 heteroatoms. The van der Waals surface area contributed by atoms with Gasteiger partial charge in [-0.1, -0.05) is 40.9 Å². The summed E-state index contributed by atoms with van der Waals surface area (Å²) in [6.07, 6.45) is 0. The zero-order valence-corrected chi connectivity index (χ0v) is 8.49. The summed E-state index contributed by atoms with van der Waals surface area (Å²) in [5.74, 6) is 0.429. The van der Waals surface area contributed by atoms with Gasteiger partial charge in [-0.15, -0.1) is 0 Å². The molecule has 0 amide bonds. The lowest BCUT2D eigenvalue weighted by molar-refractivity contribution is 0.396. The van der Waals surface area contributed by atoms with Crippen molar-refractivity contribution in [3.8, 4) is 5.88 Å². The molecule has 0 aliphatic heterocycles. The summed E-state index contributed by atoms with van der Waals surface area (Å²) in [6, 6.07) is 5.01. The Hall–Kier alpha value is -0.180. The smallest absolute Gasteiger partial charge is 0.232 e. The predicted octanol–water partition coefficient (Wildman–Crippen LogP) is 2.92. The highest BCUT2D eigenvalue weighted by Crippen LogP contribution is 2.37. The first-order chi connectivity index (χ1) is 5.54. The molecule has 1 aromatic rings. The van der Waals surface area contributed by atoms with Gasteiger partial charge < -0.3 is 4.74 Å². The Bertz CT molecular complexity index is 272. The van der Waals surface area contributed by atoms with Crippen LogP contribution in [0, 0.1) is 0 Å². The van der Waals surface area contributed by atoms with Crippen LogP contribution in [-0.4, -0.2) is 12.1 Å². The third-order valence-electron chi connectivity index (χ3n) is 1.22. The number of hydrogen-bond acceptors (Lipinski definition) is 2. The largest absolute Gasteiger partial charge is 0.481 e. The molecule has 0 saturated heterocycles. The Morgan fingerprint density at radius 2 is 2.00 bits per heavy atom. The van der Waals surface area contributed by atoms with Crippen LogP contribution in [0.4, 0.5) is 0 Å². The van der Waals surface area contributed by atoms with E-state index in [1.807, 2.05) is 0 Å². The standard InChI is InChI=1S/C7H6Cl3NO/c1-12-6-4-2-3-5(11-6)7(8,9)10/h2-4H,1H3. The summed E-state index contributed by atoms with van der Waals surface area (Å²) in [6.45, 7) is 0. The van der Waals surface area contributed by atoms with Crippen LogP contribution in [0.5, 0.6) is 5.88 Å². The molecular weight excluding hydrogens is 220 g/mol. The third kappa shape index (κ3) is 2.41. The minimum Gasteiger partial charge on any atom is -0.481 e. The van der Waals surface area contributed by atoms with Crippen LogP contribution in [0.25, 0.3) is 0 Å². The van der Waals surface area contributed by atoms with E-state index in [0.717, 1.165) is 0 Å². The van der Waals surface area contributed by atoms with E-state index in [1.54, 1.807) is 18.2 Å². The van der Waals surface area contributed by atoms with Gasteiger partial charge in [0.1, 0.15) is 0 Å². The van der Waals surface area contributed by atoms with Gasteiger partial charge in [0.15, 0.2) is 0 Å². The molecule has 12 heavy (non-hydrogen) atoms. The molecule has 0 unspecified atom stereocenters. The summed E-state index contributed by atoms with van der Waals surface area (Å²) in [5, 5.41) is 0. The number of alkyl halides is 3. The Labute approximate surface area is 85.4 Å². The summed E-state index contributed by atoms with van der Waals surface area (Å²) < 4.78 is 3.37. The molecule has 0 atom stereocenters. The first-order valence-electron chi connectivity index (χ1n) is 3.12. The van der Waals surface area contributed by atoms with Gasteiger partial charge in [0.25, 0.3) is 0 Å². The first kappa shape index (κ1) is 9.90. The van der Waals surface area contributed by atoms with E-state index in [4.69, 9.17) is 39.5 Å². The molecular formula is C7H6Cl3NO. The zero-order valence-electron chi connectivity index (χ0n) is 6.22. The van der Waals surface area contributed by atoms with Crippen molar-refractivity contribution in [1.82, 2.24) is 4.98 Å². The second-order valence-corrected chi connectivity index (χ2v) is 4.34. The lowest BCUT2D eigenvalue weighted by Crippen LogP contribution is -2.03. The fourth-order valence-corrected chi connectivity index (χ4v) is 1.00. The van der Waals surface area contributed by atoms with Crippen molar-refractivity contribution in [2.24, 2.45) is 0 Å². The van der Waals surface area contributed by atoms with Crippen molar-refractivity contribution in [3.05, 3.63) is 23.9 Å². The van der Waals surface area contributed by atoms with Crippen LogP contribution in [0.15, 0.2) is 18.2 Å². The van der Waals surface area contributed by atoms with E-state index < -0.39 is 3.79 Å². The second kappa shape index (κ2) is 3.69. The first-order valence-corrected chi connectivity index (χ1v) is 4.25. The van der Waals surface area contributed by atoms with Gasteiger partial charge in [-0.3, -0.25) is 0 Å². The van der Waals surface area contributed by atoms with Crippen LogP contribution in [-0.2, 0) is 3.79 Å². The Balaban J connectivity index is 3.02. The van der Waals surface area contributed by atoms with Crippen molar-refractivity contribution in [2.75, 3.05) is 7.11 Å². The maximum atomic E-state index is 5.60. The summed E-state index contributed by atoms with van der Waals surface area (Å²) in [5.41, 5.74) is 0.354. The van der Waals surface area contributed by atoms with Crippen LogP contribution in [0.3, 0.4) is 0 Å². The topological polar surface area (TPSA) is 22.1 Å². The van der Waals surface area contributed by atoms with Gasteiger partial charge >= 0.3 is 0 Å². The number of ether oxygens (including phenoxy) is 1. The molecule has 0 N–H and O–H groups in total. The molecule has 0 aliphatic carbocycles. The number of methoxy groups -OCH3 is 1. The molecule has 0 saturated carbocycles. The van der Waals surface area contributed by atoms with Crippen LogP contribution >= 0.6 is 34.8 Å². The van der Waals surface area contributed by atoms with Crippen molar-refractivity contribution in [3.63, 3.8) is 0 Å². The molecule has 0 spiro atoms. The number of halogens is 3. The summed E-state index contributed by atoms with van der Waals surface area (Å²) in [4.78, 5) is 3.94. The minimum atomic E-state index is -1.49. The fourth-order valence-electron chi connectivity index (χ4n) is 0.686. The van der Waals surface area contributed by atoms with Crippen molar-refractivity contribution >= 4 is 34.8 Å². The molecule has 1 rings (SSSR count). The molecule has 0 radical (unpaired) electrons. The van der Waals surface area contributed by atoms with E-state index in [9.17, 15) is 0 Å². The van der Waals surface area contributed by atoms with Gasteiger partial charge in [-0.25, -0.2) is 4.98 Å². The predicted molar refractivity (Wildman–Crippen MR) is 50.0 cm³/mol. The second-order valence-electron chi connectivity index (χ2n) is 2.06. The fraction of sp³-hybridized carbons (Fsp3) is 0.286. The van der Waals surface area contributed by atoms with Crippen molar-refractivity contribution in [2.45, 2.75) is 3.79 Å². The van der Waals surface area contributed by atoms with Crippen LogP contribution in [0.2, 0.25) is 0 Å². The highest BCUT2D eigenvalue weighted by Gasteiger charge is 2.24.